The number of pyridine rings is 1. The van der Waals surface area contributed by atoms with Gasteiger partial charge in [-0.05, 0) is 31.2 Å². The number of Topliss-reactive ketones (excluding diaryl/α,β-unsaturated/α-hetero) is 2. The number of allylic oxidation sites excluding steroid dienone is 2. The lowest BCUT2D eigenvalue weighted by Crippen LogP contribution is -2.24. The molecule has 0 bridgehead atoms. The summed E-state index contributed by atoms with van der Waals surface area (Å²) in [5, 5.41) is 2.77. The monoisotopic (exact) mass is 364 g/mol. The molecule has 0 aliphatic heterocycles. The van der Waals surface area contributed by atoms with Crippen LogP contribution in [0.2, 0.25) is 0 Å². The highest BCUT2D eigenvalue weighted by Crippen LogP contribution is 2.30. The Balaban J connectivity index is 1.73. The number of aromatic amines is 1. The Bertz CT molecular complexity index is 1050. The van der Waals surface area contributed by atoms with E-state index in [0.717, 1.165) is 5.56 Å². The Kier molecular flexibility index (Phi) is 3.89. The lowest BCUT2D eigenvalue weighted by Gasteiger charge is -2.15. The molecule has 0 atom stereocenters. The molecule has 0 unspecified atom stereocenters. The van der Waals surface area contributed by atoms with E-state index in [1.54, 1.807) is 24.4 Å². The first-order valence-corrected chi connectivity index (χ1v) is 8.26. The van der Waals surface area contributed by atoms with E-state index < -0.39 is 11.6 Å². The molecular formula is C19H13ClN4O2. The maximum Gasteiger partial charge on any atom is 0.231 e. The Morgan fingerprint density at radius 3 is 2.50 bits per heavy atom. The summed E-state index contributed by atoms with van der Waals surface area (Å²) in [5.41, 5.74) is 2.41. The van der Waals surface area contributed by atoms with Gasteiger partial charge in [-0.1, -0.05) is 35.4 Å². The molecule has 1 aliphatic carbocycles. The third-order valence-corrected chi connectivity index (χ3v) is 4.38. The van der Waals surface area contributed by atoms with Crippen LogP contribution in [-0.4, -0.2) is 26.5 Å². The number of H-pyrrole nitrogens is 1. The molecule has 0 amide bonds. The molecule has 6 nitrogen and oxygen atoms in total. The lowest BCUT2D eigenvalue weighted by atomic mass is 10.0. The number of nitrogens with one attached hydrogen (secondary N) is 2. The van der Waals surface area contributed by atoms with Crippen LogP contribution in [0.15, 0.2) is 59.4 Å². The van der Waals surface area contributed by atoms with Gasteiger partial charge in [0.05, 0.1) is 0 Å². The van der Waals surface area contributed by atoms with Crippen LogP contribution in [0, 0.1) is 6.92 Å². The normalized spacial score (nSPS) is 13.8. The summed E-state index contributed by atoms with van der Waals surface area (Å²) in [5.74, 6) is -0.576. The number of halogens is 1. The van der Waals surface area contributed by atoms with Crippen LogP contribution in [0.4, 0.5) is 5.69 Å². The van der Waals surface area contributed by atoms with Crippen molar-refractivity contribution in [3.8, 4) is 11.5 Å². The van der Waals surface area contributed by atoms with E-state index in [1.165, 1.54) is 0 Å². The highest BCUT2D eigenvalue weighted by Gasteiger charge is 2.35. The molecule has 0 spiro atoms. The summed E-state index contributed by atoms with van der Waals surface area (Å²) < 4.78 is 0. The Labute approximate surface area is 153 Å². The number of hydrogen-bond donors (Lipinski definition) is 2. The van der Waals surface area contributed by atoms with Crippen molar-refractivity contribution in [3.05, 3.63) is 76.3 Å². The van der Waals surface area contributed by atoms with Crippen molar-refractivity contribution < 1.29 is 9.59 Å². The molecule has 1 aliphatic rings. The summed E-state index contributed by atoms with van der Waals surface area (Å²) in [6.45, 7) is 1.96. The van der Waals surface area contributed by atoms with Crippen molar-refractivity contribution in [2.45, 2.75) is 6.92 Å². The van der Waals surface area contributed by atoms with Gasteiger partial charge in [0, 0.05) is 11.9 Å². The smallest absolute Gasteiger partial charge is 0.231 e. The quantitative estimate of drug-likeness (QED) is 0.739. The highest BCUT2D eigenvalue weighted by molar-refractivity contribution is 6.50. The van der Waals surface area contributed by atoms with E-state index in [0.29, 0.717) is 17.2 Å². The van der Waals surface area contributed by atoms with Crippen molar-refractivity contribution in [1.82, 2.24) is 15.0 Å². The fourth-order valence-corrected chi connectivity index (χ4v) is 2.89. The maximum atomic E-state index is 12.8. The standard InChI is InChI=1S/C19H13ClN4O2/c1-10-5-7-11(8-6-10)22-14-13(20)17(25)15-16(18(14)26)24-19(23-15)12-4-2-3-9-21-12/h2-9,22H,1H3,(H,23,24). The van der Waals surface area contributed by atoms with Gasteiger partial charge in [-0.15, -0.1) is 0 Å². The van der Waals surface area contributed by atoms with Gasteiger partial charge in [0.2, 0.25) is 11.6 Å². The first kappa shape index (κ1) is 16.2. The van der Waals surface area contributed by atoms with Crippen LogP contribution in [0.25, 0.3) is 11.5 Å². The second-order valence-corrected chi connectivity index (χ2v) is 6.24. The number of carbonyl (C=O) groups excluding carboxylic acids is 2. The van der Waals surface area contributed by atoms with Crippen molar-refractivity contribution in [3.63, 3.8) is 0 Å². The molecule has 0 saturated heterocycles. The molecule has 2 aromatic heterocycles. The number of rotatable bonds is 3. The van der Waals surface area contributed by atoms with Gasteiger partial charge in [-0.3, -0.25) is 14.6 Å². The number of benzene rings is 1. The zero-order chi connectivity index (χ0) is 18.3. The van der Waals surface area contributed by atoms with Gasteiger partial charge in [-0.25, -0.2) is 4.98 Å². The molecule has 2 heterocycles. The maximum absolute atomic E-state index is 12.8. The van der Waals surface area contributed by atoms with Gasteiger partial charge in [0.25, 0.3) is 0 Å². The summed E-state index contributed by atoms with van der Waals surface area (Å²) in [6.07, 6.45) is 1.61. The largest absolute Gasteiger partial charge is 0.351 e. The number of imidazole rings is 1. The zero-order valence-electron chi connectivity index (χ0n) is 13.7. The molecule has 0 saturated carbocycles. The summed E-state index contributed by atoms with van der Waals surface area (Å²) in [4.78, 5) is 36.7. The Morgan fingerprint density at radius 1 is 1.04 bits per heavy atom. The third kappa shape index (κ3) is 2.70. The summed E-state index contributed by atoms with van der Waals surface area (Å²) in [6, 6.07) is 12.7. The predicted molar refractivity (Wildman–Crippen MR) is 98.2 cm³/mol. The molecule has 1 aromatic carbocycles. The lowest BCUT2D eigenvalue weighted by molar-refractivity contribution is 0.0977. The van der Waals surface area contributed by atoms with Crippen LogP contribution in [0.1, 0.15) is 26.5 Å². The third-order valence-electron chi connectivity index (χ3n) is 4.02. The van der Waals surface area contributed by atoms with Crippen LogP contribution in [0.5, 0.6) is 0 Å². The number of aryl methyl sites for hydroxylation is 1. The summed E-state index contributed by atoms with van der Waals surface area (Å²) >= 11 is 6.18. The minimum Gasteiger partial charge on any atom is -0.351 e. The van der Waals surface area contributed by atoms with E-state index in [2.05, 4.69) is 20.3 Å². The van der Waals surface area contributed by atoms with Crippen LogP contribution >= 0.6 is 11.6 Å². The molecule has 3 aromatic rings. The number of carbonyl (C=O) groups is 2. The van der Waals surface area contributed by atoms with Crippen molar-refractivity contribution >= 4 is 28.9 Å². The predicted octanol–water partition coefficient (Wildman–Crippen LogP) is 3.72. The van der Waals surface area contributed by atoms with Gasteiger partial charge < -0.3 is 10.3 Å². The molecule has 7 heteroatoms. The van der Waals surface area contributed by atoms with Crippen LogP contribution in [-0.2, 0) is 0 Å². The van der Waals surface area contributed by atoms with Crippen LogP contribution in [0.3, 0.4) is 0 Å². The number of anilines is 1. The Hall–Kier alpha value is -3.25. The Morgan fingerprint density at radius 2 is 1.81 bits per heavy atom. The number of fused-ring (bicyclic) bond motifs is 1. The van der Waals surface area contributed by atoms with E-state index >= 15 is 0 Å². The van der Waals surface area contributed by atoms with Crippen LogP contribution < -0.4 is 5.32 Å². The van der Waals surface area contributed by atoms with Gasteiger partial charge in [-0.2, -0.15) is 0 Å². The second-order valence-electron chi connectivity index (χ2n) is 5.86. The average molecular weight is 365 g/mol. The van der Waals surface area contributed by atoms with E-state index in [-0.39, 0.29) is 22.1 Å². The molecular weight excluding hydrogens is 352 g/mol. The minimum atomic E-state index is -0.481. The fourth-order valence-electron chi connectivity index (χ4n) is 2.66. The van der Waals surface area contributed by atoms with E-state index in [9.17, 15) is 9.59 Å². The van der Waals surface area contributed by atoms with Crippen molar-refractivity contribution in [2.75, 3.05) is 5.32 Å². The van der Waals surface area contributed by atoms with Crippen molar-refractivity contribution in [1.29, 1.82) is 0 Å². The van der Waals surface area contributed by atoms with Gasteiger partial charge in [0.15, 0.2) is 5.82 Å². The number of hydrogen-bond acceptors (Lipinski definition) is 5. The molecule has 0 radical (unpaired) electrons. The zero-order valence-corrected chi connectivity index (χ0v) is 14.5. The minimum absolute atomic E-state index is 0.0205. The van der Waals surface area contributed by atoms with Crippen molar-refractivity contribution in [2.24, 2.45) is 0 Å². The fraction of sp³-hybridized carbons (Fsp3) is 0.0526. The molecule has 4 rings (SSSR count). The average Bonchev–Trinajstić information content (AvgIpc) is 3.11. The first-order chi connectivity index (χ1) is 12.5. The topological polar surface area (TPSA) is 87.7 Å². The van der Waals surface area contributed by atoms with Gasteiger partial charge in [0.1, 0.15) is 27.8 Å². The highest BCUT2D eigenvalue weighted by atomic mass is 35.5. The van der Waals surface area contributed by atoms with E-state index in [4.69, 9.17) is 11.6 Å². The SMILES string of the molecule is Cc1ccc(NC2=C(Cl)C(=O)c3[nH]c(-c4ccccn4)nc3C2=O)cc1. The number of nitrogens with zero attached hydrogens (tertiary/aromatic N) is 2. The number of aromatic nitrogens is 3. The number of ketones is 2. The molecule has 0 fully saturated rings. The second kappa shape index (κ2) is 6.24. The van der Waals surface area contributed by atoms with E-state index in [1.807, 2.05) is 31.2 Å². The molecule has 26 heavy (non-hydrogen) atoms. The molecule has 2 N–H and O–H groups in total. The molecule has 128 valence electrons. The summed E-state index contributed by atoms with van der Waals surface area (Å²) in [7, 11) is 0. The first-order valence-electron chi connectivity index (χ1n) is 7.89. The van der Waals surface area contributed by atoms with Gasteiger partial charge >= 0.3 is 0 Å².